The zero-order valence-electron chi connectivity index (χ0n) is 7.57. The molecule has 0 radical (unpaired) electrons. The highest BCUT2D eigenvalue weighted by molar-refractivity contribution is 5.32. The Morgan fingerprint density at radius 1 is 1.54 bits per heavy atom. The van der Waals surface area contributed by atoms with Crippen molar-refractivity contribution in [1.29, 1.82) is 0 Å². The molecular weight excluding hydrogens is 164 g/mol. The Morgan fingerprint density at radius 2 is 2.38 bits per heavy atom. The van der Waals surface area contributed by atoms with Crippen LogP contribution in [0, 0.1) is 0 Å². The number of nitrogens with zero attached hydrogens (tertiary/aromatic N) is 3. The Bertz CT molecular complexity index is 418. The van der Waals surface area contributed by atoms with Crippen LogP contribution in [0.2, 0.25) is 0 Å². The van der Waals surface area contributed by atoms with Crippen LogP contribution in [0.1, 0.15) is 18.3 Å². The number of fused-ring (bicyclic) bond motifs is 1. The summed E-state index contributed by atoms with van der Waals surface area (Å²) in [6.45, 7) is 2.59. The maximum Gasteiger partial charge on any atom is 0.234 e. The summed E-state index contributed by atoms with van der Waals surface area (Å²) in [5.41, 5.74) is 7.68. The van der Waals surface area contributed by atoms with Gasteiger partial charge in [0.15, 0.2) is 0 Å². The summed E-state index contributed by atoms with van der Waals surface area (Å²) in [6.07, 6.45) is 4.65. The lowest BCUT2D eigenvalue weighted by atomic mass is 10.4. The Kier molecular flexibility index (Phi) is 1.98. The molecule has 2 heterocycles. The fourth-order valence-corrected chi connectivity index (χ4v) is 1.33. The smallest absolute Gasteiger partial charge is 0.234 e. The minimum Gasteiger partial charge on any atom is -0.325 e. The monoisotopic (exact) mass is 176 g/mol. The lowest BCUT2D eigenvalue weighted by molar-refractivity contribution is 0.925. The molecule has 0 saturated carbocycles. The topological polar surface area (TPSA) is 56.2 Å². The average Bonchev–Trinajstić information content (AvgIpc) is 2.59. The van der Waals surface area contributed by atoms with Crippen LogP contribution in [0.25, 0.3) is 5.78 Å². The van der Waals surface area contributed by atoms with E-state index in [2.05, 4.69) is 16.9 Å². The first kappa shape index (κ1) is 8.19. The average molecular weight is 176 g/mol. The second-order valence-electron chi connectivity index (χ2n) is 2.90. The van der Waals surface area contributed by atoms with Crippen molar-refractivity contribution < 1.29 is 0 Å². The van der Waals surface area contributed by atoms with Crippen LogP contribution in [0.4, 0.5) is 0 Å². The molecule has 4 heteroatoms. The summed E-state index contributed by atoms with van der Waals surface area (Å²) < 4.78 is 1.94. The van der Waals surface area contributed by atoms with Gasteiger partial charge in [-0.2, -0.15) is 0 Å². The molecule has 0 aliphatic rings. The van der Waals surface area contributed by atoms with Gasteiger partial charge >= 0.3 is 0 Å². The van der Waals surface area contributed by atoms with Gasteiger partial charge in [-0.05, 0) is 12.5 Å². The number of nitrogens with two attached hydrogens (primary N) is 1. The minimum atomic E-state index is 0.512. The molecule has 0 aromatic carbocycles. The van der Waals surface area contributed by atoms with Crippen molar-refractivity contribution in [3.63, 3.8) is 0 Å². The van der Waals surface area contributed by atoms with Crippen molar-refractivity contribution in [2.45, 2.75) is 19.9 Å². The van der Waals surface area contributed by atoms with Crippen LogP contribution < -0.4 is 5.73 Å². The maximum absolute atomic E-state index is 5.59. The van der Waals surface area contributed by atoms with Crippen molar-refractivity contribution in [3.8, 4) is 0 Å². The molecular formula is C9H12N4. The molecule has 2 rings (SSSR count). The van der Waals surface area contributed by atoms with E-state index in [4.69, 9.17) is 5.73 Å². The van der Waals surface area contributed by atoms with Gasteiger partial charge in [0.25, 0.3) is 0 Å². The Morgan fingerprint density at radius 3 is 3.08 bits per heavy atom. The van der Waals surface area contributed by atoms with E-state index in [0.29, 0.717) is 6.54 Å². The maximum atomic E-state index is 5.59. The fourth-order valence-electron chi connectivity index (χ4n) is 1.33. The van der Waals surface area contributed by atoms with Gasteiger partial charge in [0.1, 0.15) is 0 Å². The Labute approximate surface area is 76.4 Å². The van der Waals surface area contributed by atoms with E-state index >= 15 is 0 Å². The zero-order valence-corrected chi connectivity index (χ0v) is 7.57. The number of imidazole rings is 1. The largest absolute Gasteiger partial charge is 0.325 e. The quantitative estimate of drug-likeness (QED) is 0.734. The van der Waals surface area contributed by atoms with Gasteiger partial charge in [-0.25, -0.2) is 9.97 Å². The van der Waals surface area contributed by atoms with Crippen LogP contribution in [0.15, 0.2) is 18.5 Å². The van der Waals surface area contributed by atoms with E-state index in [1.54, 1.807) is 6.20 Å². The third kappa shape index (κ3) is 1.29. The lowest BCUT2D eigenvalue weighted by Crippen LogP contribution is -2.03. The molecule has 2 N–H and O–H groups in total. The number of aromatic nitrogens is 3. The van der Waals surface area contributed by atoms with Crippen LogP contribution >= 0.6 is 0 Å². The molecule has 0 bridgehead atoms. The molecule has 0 aliphatic carbocycles. The zero-order chi connectivity index (χ0) is 9.26. The van der Waals surface area contributed by atoms with E-state index in [0.717, 1.165) is 23.6 Å². The molecule has 0 spiro atoms. The molecule has 0 aliphatic heterocycles. The second-order valence-corrected chi connectivity index (χ2v) is 2.90. The summed E-state index contributed by atoms with van der Waals surface area (Å²) in [5, 5.41) is 0. The predicted molar refractivity (Wildman–Crippen MR) is 50.3 cm³/mol. The lowest BCUT2D eigenvalue weighted by Gasteiger charge is -1.98. The van der Waals surface area contributed by atoms with E-state index in [9.17, 15) is 0 Å². The molecule has 4 nitrogen and oxygen atoms in total. The standard InChI is InChI=1S/C9H12N4/c1-2-7-6-13-8(5-10)3-4-11-9(13)12-7/h3-4,6H,2,5,10H2,1H3. The minimum absolute atomic E-state index is 0.512. The number of hydrogen-bond acceptors (Lipinski definition) is 3. The van der Waals surface area contributed by atoms with Gasteiger partial charge in [-0.1, -0.05) is 6.92 Å². The van der Waals surface area contributed by atoms with Gasteiger partial charge < -0.3 is 5.73 Å². The third-order valence-electron chi connectivity index (χ3n) is 2.07. The van der Waals surface area contributed by atoms with Crippen molar-refractivity contribution >= 4 is 5.78 Å². The van der Waals surface area contributed by atoms with Gasteiger partial charge in [-0.3, -0.25) is 4.40 Å². The Hall–Kier alpha value is -1.42. The van der Waals surface area contributed by atoms with E-state index < -0.39 is 0 Å². The first-order valence-corrected chi connectivity index (χ1v) is 4.37. The molecule has 0 fully saturated rings. The molecule has 2 aromatic heterocycles. The third-order valence-corrected chi connectivity index (χ3v) is 2.07. The summed E-state index contributed by atoms with van der Waals surface area (Å²) >= 11 is 0. The molecule has 0 saturated heterocycles. The molecule has 0 atom stereocenters. The number of rotatable bonds is 2. The number of hydrogen-bond donors (Lipinski definition) is 1. The molecule has 0 amide bonds. The summed E-state index contributed by atoms with van der Waals surface area (Å²) in [6, 6.07) is 1.91. The van der Waals surface area contributed by atoms with Gasteiger partial charge in [-0.15, -0.1) is 0 Å². The first-order valence-electron chi connectivity index (χ1n) is 4.37. The summed E-state index contributed by atoms with van der Waals surface area (Å²) in [4.78, 5) is 8.49. The fraction of sp³-hybridized carbons (Fsp3) is 0.333. The van der Waals surface area contributed by atoms with E-state index in [1.807, 2.05) is 16.7 Å². The van der Waals surface area contributed by atoms with E-state index in [-0.39, 0.29) is 0 Å². The van der Waals surface area contributed by atoms with Gasteiger partial charge in [0, 0.05) is 24.6 Å². The highest BCUT2D eigenvalue weighted by Crippen LogP contribution is 2.06. The summed E-state index contributed by atoms with van der Waals surface area (Å²) in [5.74, 6) is 0.736. The molecule has 0 unspecified atom stereocenters. The van der Waals surface area contributed by atoms with Gasteiger partial charge in [0.05, 0.1) is 5.69 Å². The van der Waals surface area contributed by atoms with Crippen LogP contribution in [-0.2, 0) is 13.0 Å². The SMILES string of the molecule is CCc1cn2c(CN)ccnc2n1. The highest BCUT2D eigenvalue weighted by atomic mass is 15.1. The predicted octanol–water partition coefficient (Wildman–Crippen LogP) is 0.750. The van der Waals surface area contributed by atoms with Crippen molar-refractivity contribution in [2.24, 2.45) is 5.73 Å². The van der Waals surface area contributed by atoms with Crippen LogP contribution in [-0.4, -0.2) is 14.4 Å². The molecule has 68 valence electrons. The first-order chi connectivity index (χ1) is 6.35. The second kappa shape index (κ2) is 3.14. The highest BCUT2D eigenvalue weighted by Gasteiger charge is 2.02. The number of aryl methyl sites for hydroxylation is 1. The van der Waals surface area contributed by atoms with Crippen molar-refractivity contribution in [2.75, 3.05) is 0 Å². The van der Waals surface area contributed by atoms with E-state index in [1.165, 1.54) is 0 Å². The van der Waals surface area contributed by atoms with Crippen LogP contribution in [0.5, 0.6) is 0 Å². The molecule has 13 heavy (non-hydrogen) atoms. The van der Waals surface area contributed by atoms with Crippen molar-refractivity contribution in [1.82, 2.24) is 14.4 Å². The van der Waals surface area contributed by atoms with Crippen LogP contribution in [0.3, 0.4) is 0 Å². The Balaban J connectivity index is 2.67. The molecule has 2 aromatic rings. The normalized spacial score (nSPS) is 10.9. The van der Waals surface area contributed by atoms with Crippen molar-refractivity contribution in [3.05, 3.63) is 29.8 Å². The summed E-state index contributed by atoms with van der Waals surface area (Å²) in [7, 11) is 0. The van der Waals surface area contributed by atoms with Gasteiger partial charge in [0.2, 0.25) is 5.78 Å².